The second kappa shape index (κ2) is 15.5. The van der Waals surface area contributed by atoms with Crippen molar-refractivity contribution in [3.8, 4) is 5.75 Å². The molecule has 0 fully saturated rings. The Morgan fingerprint density at radius 2 is 1.67 bits per heavy atom. The first-order valence-electron chi connectivity index (χ1n) is 17.9. The topological polar surface area (TPSA) is 105 Å². The van der Waals surface area contributed by atoms with Crippen LogP contribution >= 0.6 is 0 Å². The predicted molar refractivity (Wildman–Crippen MR) is 208 cm³/mol. The van der Waals surface area contributed by atoms with E-state index in [1.165, 1.54) is 51.3 Å². The number of nitrogens with two attached hydrogens (primary N) is 1. The first kappa shape index (κ1) is 34.5. The number of carboxylic acid groups (broad SMARTS) is 1. The molecule has 1 atom stereocenters. The lowest BCUT2D eigenvalue weighted by atomic mass is 9.89. The van der Waals surface area contributed by atoms with Gasteiger partial charge in [0.2, 0.25) is 5.91 Å². The number of fused-ring (bicyclic) bond motifs is 5. The van der Waals surface area contributed by atoms with Crippen molar-refractivity contribution in [2.75, 3.05) is 10.2 Å². The molecule has 1 amide bonds. The van der Waals surface area contributed by atoms with Gasteiger partial charge < -0.3 is 25.8 Å². The molecule has 1 aliphatic heterocycles. The number of carbonyl (C=O) groups excluding carboxylic acids is 1. The SMILES string of the molecule is C=Cc1ccccc1N1Cc2ccccc2NC(CC(=O)O)C1=O.NCc1ccc(OCc2ccc3c(c2)=CCc2c4c(ccc2=3)=CCCC4)cc1. The number of nitrogens with zero attached hydrogens (tertiary/aromatic N) is 1. The second-order valence-electron chi connectivity index (χ2n) is 13.4. The Balaban J connectivity index is 0.000000164. The van der Waals surface area contributed by atoms with Crippen LogP contribution in [-0.4, -0.2) is 23.0 Å². The smallest absolute Gasteiger partial charge is 0.305 e. The highest BCUT2D eigenvalue weighted by Crippen LogP contribution is 2.30. The molecule has 5 aromatic carbocycles. The van der Waals surface area contributed by atoms with Gasteiger partial charge in [-0.25, -0.2) is 0 Å². The maximum atomic E-state index is 13.0. The van der Waals surface area contributed by atoms with E-state index < -0.39 is 12.0 Å². The van der Waals surface area contributed by atoms with Gasteiger partial charge in [-0.15, -0.1) is 0 Å². The van der Waals surface area contributed by atoms with Gasteiger partial charge in [0, 0.05) is 12.2 Å². The number of para-hydroxylation sites is 2. The summed E-state index contributed by atoms with van der Waals surface area (Å²) in [6, 6.07) is 33.6. The van der Waals surface area contributed by atoms with Crippen LogP contribution in [0.15, 0.2) is 110 Å². The van der Waals surface area contributed by atoms with Crippen molar-refractivity contribution in [3.05, 3.63) is 164 Å². The van der Waals surface area contributed by atoms with E-state index in [1.54, 1.807) is 16.5 Å². The van der Waals surface area contributed by atoms with Gasteiger partial charge in [0.25, 0.3) is 0 Å². The maximum absolute atomic E-state index is 13.0. The summed E-state index contributed by atoms with van der Waals surface area (Å²) < 4.78 is 5.97. The van der Waals surface area contributed by atoms with Crippen molar-refractivity contribution in [1.29, 1.82) is 0 Å². The summed E-state index contributed by atoms with van der Waals surface area (Å²) in [4.78, 5) is 25.8. The number of aliphatic carboxylic acids is 1. The quantitative estimate of drug-likeness (QED) is 0.170. The van der Waals surface area contributed by atoms with Crippen LogP contribution in [0.5, 0.6) is 5.75 Å². The number of carboxylic acids is 1. The summed E-state index contributed by atoms with van der Waals surface area (Å²) in [6.07, 6.45) is 10.9. The van der Waals surface area contributed by atoms with Crippen molar-refractivity contribution in [2.24, 2.45) is 5.73 Å². The molecule has 0 saturated heterocycles. The Bertz CT molecular complexity index is 2370. The first-order valence-corrected chi connectivity index (χ1v) is 17.9. The summed E-state index contributed by atoms with van der Waals surface area (Å²) >= 11 is 0. The van der Waals surface area contributed by atoms with E-state index in [1.807, 2.05) is 72.8 Å². The molecule has 5 aromatic rings. The average Bonchev–Trinajstić information content (AvgIpc) is 3.32. The maximum Gasteiger partial charge on any atom is 0.305 e. The fraction of sp³-hybridized carbons (Fsp3) is 0.200. The van der Waals surface area contributed by atoms with E-state index in [-0.39, 0.29) is 12.3 Å². The molecule has 262 valence electrons. The molecule has 0 bridgehead atoms. The number of rotatable bonds is 8. The van der Waals surface area contributed by atoms with Crippen LogP contribution < -0.4 is 31.1 Å². The number of ether oxygens (including phenoxy) is 1. The predicted octanol–water partition coefficient (Wildman–Crippen LogP) is 6.60. The minimum atomic E-state index is -1.02. The second-order valence-corrected chi connectivity index (χ2v) is 13.4. The van der Waals surface area contributed by atoms with Crippen LogP contribution in [0.25, 0.3) is 18.2 Å². The highest BCUT2D eigenvalue weighted by molar-refractivity contribution is 6.02. The molecule has 4 N–H and O–H groups in total. The lowest BCUT2D eigenvalue weighted by Crippen LogP contribution is -2.42. The van der Waals surface area contributed by atoms with E-state index >= 15 is 0 Å². The zero-order chi connectivity index (χ0) is 36.0. The van der Waals surface area contributed by atoms with E-state index in [0.717, 1.165) is 40.2 Å². The molecule has 0 spiro atoms. The molecule has 3 aliphatic rings. The number of carbonyl (C=O) groups is 2. The van der Waals surface area contributed by atoms with Gasteiger partial charge in [0.05, 0.1) is 18.7 Å². The Kier molecular flexibility index (Phi) is 10.3. The van der Waals surface area contributed by atoms with Crippen molar-refractivity contribution >= 4 is 41.5 Å². The highest BCUT2D eigenvalue weighted by Gasteiger charge is 2.32. The third-order valence-corrected chi connectivity index (χ3v) is 10.0. The molecule has 0 saturated carbocycles. The normalized spacial score (nSPS) is 15.4. The number of hydrogen-bond acceptors (Lipinski definition) is 5. The largest absolute Gasteiger partial charge is 0.489 e. The van der Waals surface area contributed by atoms with Crippen LogP contribution in [0.4, 0.5) is 11.4 Å². The van der Waals surface area contributed by atoms with E-state index in [0.29, 0.717) is 19.7 Å². The minimum Gasteiger partial charge on any atom is -0.489 e. The zero-order valence-corrected chi connectivity index (χ0v) is 29.2. The zero-order valence-electron chi connectivity index (χ0n) is 29.2. The van der Waals surface area contributed by atoms with Crippen molar-refractivity contribution in [3.63, 3.8) is 0 Å². The number of benzene rings is 5. The van der Waals surface area contributed by atoms with Crippen LogP contribution in [0.2, 0.25) is 0 Å². The molecule has 52 heavy (non-hydrogen) atoms. The summed E-state index contributed by atoms with van der Waals surface area (Å²) in [7, 11) is 0. The molecule has 7 heteroatoms. The van der Waals surface area contributed by atoms with Gasteiger partial charge in [0.1, 0.15) is 18.4 Å². The summed E-state index contributed by atoms with van der Waals surface area (Å²) in [5.74, 6) is -0.396. The van der Waals surface area contributed by atoms with Crippen LogP contribution in [0.3, 0.4) is 0 Å². The van der Waals surface area contributed by atoms with Crippen molar-refractivity contribution in [2.45, 2.75) is 57.8 Å². The Hall–Kier alpha value is -5.92. The van der Waals surface area contributed by atoms with Gasteiger partial charge in [0.15, 0.2) is 0 Å². The van der Waals surface area contributed by atoms with Gasteiger partial charge >= 0.3 is 5.97 Å². The van der Waals surface area contributed by atoms with Crippen molar-refractivity contribution in [1.82, 2.24) is 0 Å². The van der Waals surface area contributed by atoms with Crippen LogP contribution in [0, 0.1) is 10.4 Å². The van der Waals surface area contributed by atoms with E-state index in [4.69, 9.17) is 15.6 Å². The fourth-order valence-corrected chi connectivity index (χ4v) is 7.34. The van der Waals surface area contributed by atoms with Gasteiger partial charge in [-0.2, -0.15) is 0 Å². The molecule has 2 aliphatic carbocycles. The van der Waals surface area contributed by atoms with Gasteiger partial charge in [-0.3, -0.25) is 9.59 Å². The Morgan fingerprint density at radius 3 is 2.48 bits per heavy atom. The number of amides is 1. The average molecular weight is 690 g/mol. The molecule has 1 heterocycles. The van der Waals surface area contributed by atoms with Crippen LogP contribution in [0.1, 0.15) is 52.6 Å². The van der Waals surface area contributed by atoms with Crippen LogP contribution in [-0.2, 0) is 42.1 Å². The lowest BCUT2D eigenvalue weighted by Gasteiger charge is -2.25. The third kappa shape index (κ3) is 7.41. The molecule has 8 rings (SSSR count). The van der Waals surface area contributed by atoms with Gasteiger partial charge in [-0.1, -0.05) is 97.6 Å². The molecule has 7 nitrogen and oxygen atoms in total. The van der Waals surface area contributed by atoms with E-state index in [9.17, 15) is 9.59 Å². The number of hydrogen-bond donors (Lipinski definition) is 3. The summed E-state index contributed by atoms with van der Waals surface area (Å²) in [5.41, 5.74) is 14.4. The summed E-state index contributed by atoms with van der Waals surface area (Å²) in [5, 5.41) is 17.8. The Morgan fingerprint density at radius 1 is 0.904 bits per heavy atom. The number of nitrogens with one attached hydrogen (secondary N) is 1. The molecule has 1 unspecified atom stereocenters. The fourth-order valence-electron chi connectivity index (χ4n) is 7.34. The lowest BCUT2D eigenvalue weighted by molar-refractivity contribution is -0.138. The highest BCUT2D eigenvalue weighted by atomic mass is 16.5. The minimum absolute atomic E-state index is 0.261. The molecular formula is C45H43N3O4. The van der Waals surface area contributed by atoms with E-state index in [2.05, 4.69) is 54.4 Å². The first-order chi connectivity index (χ1) is 25.4. The molecule has 0 radical (unpaired) electrons. The van der Waals surface area contributed by atoms with Gasteiger partial charge in [-0.05, 0) is 110 Å². The monoisotopic (exact) mass is 689 g/mol. The summed E-state index contributed by atoms with van der Waals surface area (Å²) in [6.45, 7) is 5.31. The molecule has 0 aromatic heterocycles. The standard InChI is InChI=1S/C26H25NO.C19H18N2O3/c27-16-18-5-10-22(11-6-18)28-17-19-7-12-24-21(15-19)9-14-25-23-4-2-1-3-20(23)8-13-26(24)25;1-2-13-7-4-6-10-17(13)21-12-14-8-3-5-9-15(14)20-16(19(21)24)11-18(22)23/h3,5-13,15H,1-2,4,14,16-17,27H2;2-10,16,20H,1,11-12H2,(H,22,23). The number of anilines is 2. The Labute approximate surface area is 303 Å². The van der Waals surface area contributed by atoms with Crippen molar-refractivity contribution < 1.29 is 19.4 Å². The third-order valence-electron chi connectivity index (χ3n) is 10.0. The molecular weight excluding hydrogens is 647 g/mol.